The van der Waals surface area contributed by atoms with E-state index >= 15 is 0 Å². The van der Waals surface area contributed by atoms with Gasteiger partial charge in [-0.2, -0.15) is 0 Å². The molecule has 5 heteroatoms. The number of hydrogen-bond donors (Lipinski definition) is 1. The van der Waals surface area contributed by atoms with E-state index in [4.69, 9.17) is 9.47 Å². The summed E-state index contributed by atoms with van der Waals surface area (Å²) in [5.41, 5.74) is 0.912. The fourth-order valence-electron chi connectivity index (χ4n) is 2.60. The molecule has 0 aromatic rings. The quantitative estimate of drug-likeness (QED) is 0.867. The summed E-state index contributed by atoms with van der Waals surface area (Å²) in [4.78, 5) is 9.35. The van der Waals surface area contributed by atoms with Crippen LogP contribution in [0.2, 0.25) is 0 Å². The van der Waals surface area contributed by atoms with Crippen molar-refractivity contribution in [3.63, 3.8) is 0 Å². The van der Waals surface area contributed by atoms with Crippen molar-refractivity contribution in [1.29, 1.82) is 0 Å². The van der Waals surface area contributed by atoms with Gasteiger partial charge in [0.2, 0.25) is 11.8 Å². The molecule has 0 radical (unpaired) electrons. The van der Waals surface area contributed by atoms with Crippen LogP contribution >= 0.6 is 0 Å². The average Bonchev–Trinajstić information content (AvgIpc) is 3.17. The highest BCUT2D eigenvalue weighted by Crippen LogP contribution is 2.20. The Bertz CT molecular complexity index is 546. The van der Waals surface area contributed by atoms with Crippen LogP contribution in [0.1, 0.15) is 27.7 Å². The number of allylic oxidation sites excluding steroid dienone is 2. The second-order valence-corrected chi connectivity index (χ2v) is 6.73. The number of hydrogen-bond acceptors (Lipinski definition) is 5. The van der Waals surface area contributed by atoms with Crippen molar-refractivity contribution in [3.8, 4) is 0 Å². The predicted octanol–water partition coefficient (Wildman–Crippen LogP) is 2.30. The van der Waals surface area contributed by atoms with E-state index in [0.29, 0.717) is 30.9 Å². The molecule has 0 spiro atoms. The van der Waals surface area contributed by atoms with Gasteiger partial charge in [-0.15, -0.1) is 0 Å². The Morgan fingerprint density at radius 2 is 1.73 bits per heavy atom. The molecule has 0 saturated carbocycles. The van der Waals surface area contributed by atoms with Gasteiger partial charge in [-0.25, -0.2) is 9.98 Å². The molecule has 3 heterocycles. The third kappa shape index (κ3) is 3.03. The zero-order valence-electron chi connectivity index (χ0n) is 13.7. The summed E-state index contributed by atoms with van der Waals surface area (Å²) in [6, 6.07) is 0.463. The van der Waals surface area contributed by atoms with E-state index in [0.717, 1.165) is 11.6 Å². The maximum absolute atomic E-state index is 5.77. The number of nitrogens with one attached hydrogen (secondary N) is 1. The van der Waals surface area contributed by atoms with Crippen LogP contribution in [0.3, 0.4) is 0 Å². The Morgan fingerprint density at radius 1 is 1.05 bits per heavy atom. The first-order valence-corrected chi connectivity index (χ1v) is 8.11. The van der Waals surface area contributed by atoms with Gasteiger partial charge in [0.05, 0.1) is 17.8 Å². The van der Waals surface area contributed by atoms with Crippen LogP contribution in [-0.2, 0) is 9.47 Å². The normalized spacial score (nSPS) is 30.6. The highest BCUT2D eigenvalue weighted by Gasteiger charge is 2.30. The number of nitrogens with zero attached hydrogens (tertiary/aromatic N) is 2. The summed E-state index contributed by atoms with van der Waals surface area (Å²) < 4.78 is 11.5. The van der Waals surface area contributed by atoms with E-state index in [9.17, 15) is 0 Å². The lowest BCUT2D eigenvalue weighted by Crippen LogP contribution is -2.38. The molecule has 3 rings (SSSR count). The molecule has 120 valence electrons. The molecule has 3 aliphatic rings. The maximum Gasteiger partial charge on any atom is 0.233 e. The largest absolute Gasteiger partial charge is 0.477 e. The van der Waals surface area contributed by atoms with Gasteiger partial charge in [-0.05, 0) is 17.9 Å². The molecule has 0 aromatic heterocycles. The molecule has 0 fully saturated rings. The molecule has 0 aliphatic carbocycles. The van der Waals surface area contributed by atoms with Crippen LogP contribution in [0.25, 0.3) is 0 Å². The standard InChI is InChI=1S/C17H25N3O2/c1-10(2)14-8-21-16(19-14)12-6-5-7-13(18-12)17-20-15(9-22-17)11(3)4/h5-7,10-12,14-15,18H,8-9H2,1-4H3. The Kier molecular flexibility index (Phi) is 4.23. The molecule has 0 saturated heterocycles. The van der Waals surface area contributed by atoms with Gasteiger partial charge < -0.3 is 14.8 Å². The SMILES string of the molecule is CC(C)C1COC(C2=CC=CC(C3=NC(C(C)C)CO3)N2)=N1. The molecule has 0 bridgehead atoms. The van der Waals surface area contributed by atoms with Crippen LogP contribution in [0.5, 0.6) is 0 Å². The lowest BCUT2D eigenvalue weighted by Gasteiger charge is -2.20. The summed E-state index contributed by atoms with van der Waals surface area (Å²) in [5, 5.41) is 3.42. The fourth-order valence-corrected chi connectivity index (χ4v) is 2.60. The van der Waals surface area contributed by atoms with Crippen LogP contribution in [0, 0.1) is 11.8 Å². The topological polar surface area (TPSA) is 55.2 Å². The molecule has 1 N–H and O–H groups in total. The predicted molar refractivity (Wildman–Crippen MR) is 88.2 cm³/mol. The summed E-state index contributed by atoms with van der Waals surface area (Å²) in [7, 11) is 0. The molecule has 3 unspecified atom stereocenters. The molecule has 5 nitrogen and oxygen atoms in total. The first-order chi connectivity index (χ1) is 10.5. The van der Waals surface area contributed by atoms with Gasteiger partial charge in [0.25, 0.3) is 0 Å². The Morgan fingerprint density at radius 3 is 2.36 bits per heavy atom. The van der Waals surface area contributed by atoms with Gasteiger partial charge in [0, 0.05) is 0 Å². The Labute approximate surface area is 132 Å². The van der Waals surface area contributed by atoms with Gasteiger partial charge in [0.15, 0.2) is 0 Å². The molecule has 0 aromatic carbocycles. The van der Waals surface area contributed by atoms with Crippen molar-refractivity contribution < 1.29 is 9.47 Å². The van der Waals surface area contributed by atoms with Gasteiger partial charge in [-0.3, -0.25) is 0 Å². The smallest absolute Gasteiger partial charge is 0.233 e. The number of rotatable bonds is 4. The highest BCUT2D eigenvalue weighted by molar-refractivity contribution is 5.96. The van der Waals surface area contributed by atoms with Crippen molar-refractivity contribution in [2.45, 2.75) is 45.8 Å². The Balaban J connectivity index is 1.68. The minimum absolute atomic E-state index is 0.0341. The first kappa shape index (κ1) is 15.1. The lowest BCUT2D eigenvalue weighted by atomic mass is 10.1. The number of dihydropyridines is 1. The summed E-state index contributed by atoms with van der Waals surface area (Å²) in [6.45, 7) is 10.0. The Hall–Kier alpha value is -1.78. The zero-order valence-corrected chi connectivity index (χ0v) is 13.7. The lowest BCUT2D eigenvalue weighted by molar-refractivity contribution is 0.281. The zero-order chi connectivity index (χ0) is 15.7. The summed E-state index contributed by atoms with van der Waals surface area (Å²) >= 11 is 0. The van der Waals surface area contributed by atoms with E-state index in [2.05, 4.69) is 49.1 Å². The van der Waals surface area contributed by atoms with E-state index in [1.54, 1.807) is 0 Å². The first-order valence-electron chi connectivity index (χ1n) is 8.11. The van der Waals surface area contributed by atoms with E-state index < -0.39 is 0 Å². The number of ether oxygens (including phenoxy) is 2. The average molecular weight is 303 g/mol. The molecule has 0 amide bonds. The van der Waals surface area contributed by atoms with E-state index in [-0.39, 0.29) is 18.1 Å². The van der Waals surface area contributed by atoms with Gasteiger partial charge in [0.1, 0.15) is 19.3 Å². The van der Waals surface area contributed by atoms with Gasteiger partial charge in [-0.1, -0.05) is 39.8 Å². The second-order valence-electron chi connectivity index (χ2n) is 6.73. The third-order valence-corrected chi connectivity index (χ3v) is 4.28. The van der Waals surface area contributed by atoms with Gasteiger partial charge >= 0.3 is 0 Å². The molecular formula is C17H25N3O2. The maximum atomic E-state index is 5.77. The molecule has 3 atom stereocenters. The summed E-state index contributed by atoms with van der Waals surface area (Å²) in [6.07, 6.45) is 6.06. The van der Waals surface area contributed by atoms with Crippen LogP contribution < -0.4 is 5.32 Å². The van der Waals surface area contributed by atoms with Crippen LogP contribution in [0.4, 0.5) is 0 Å². The van der Waals surface area contributed by atoms with Crippen molar-refractivity contribution in [1.82, 2.24) is 5.32 Å². The van der Waals surface area contributed by atoms with Crippen LogP contribution in [0.15, 0.2) is 33.9 Å². The monoisotopic (exact) mass is 303 g/mol. The molecule has 3 aliphatic heterocycles. The number of aliphatic imine (C=N–C) groups is 2. The molecular weight excluding hydrogens is 278 g/mol. The van der Waals surface area contributed by atoms with Crippen molar-refractivity contribution in [3.05, 3.63) is 23.9 Å². The minimum atomic E-state index is -0.0341. The fraction of sp³-hybridized carbons (Fsp3) is 0.647. The molecule has 22 heavy (non-hydrogen) atoms. The van der Waals surface area contributed by atoms with Crippen molar-refractivity contribution >= 4 is 11.8 Å². The van der Waals surface area contributed by atoms with Crippen molar-refractivity contribution in [2.75, 3.05) is 13.2 Å². The summed E-state index contributed by atoms with van der Waals surface area (Å²) in [5.74, 6) is 2.45. The minimum Gasteiger partial charge on any atom is -0.477 e. The van der Waals surface area contributed by atoms with E-state index in [1.807, 2.05) is 12.2 Å². The second kappa shape index (κ2) is 6.15. The van der Waals surface area contributed by atoms with Crippen molar-refractivity contribution in [2.24, 2.45) is 21.8 Å². The third-order valence-electron chi connectivity index (χ3n) is 4.28. The van der Waals surface area contributed by atoms with Crippen LogP contribution in [-0.4, -0.2) is 43.1 Å². The van der Waals surface area contributed by atoms with E-state index in [1.165, 1.54) is 0 Å². The highest BCUT2D eigenvalue weighted by atomic mass is 16.5.